The van der Waals surface area contributed by atoms with Crippen LogP contribution >= 0.6 is 0 Å². The molecule has 0 bridgehead atoms. The number of ether oxygens (including phenoxy) is 2. The van der Waals surface area contributed by atoms with Gasteiger partial charge in [0.1, 0.15) is 6.61 Å². The molecule has 48 heavy (non-hydrogen) atoms. The first-order chi connectivity index (χ1) is 23.5. The van der Waals surface area contributed by atoms with Crippen LogP contribution in [0.3, 0.4) is 0 Å². The van der Waals surface area contributed by atoms with E-state index < -0.39 is 0 Å². The molecule has 0 rings (SSSR count). The minimum atomic E-state index is -0.0569. The first-order valence-electron chi connectivity index (χ1n) is 21.3. The SMILES string of the molecule is C=C(C(C)CC)N(CCOCC(CCCCCC)CCCCCCCC)CCOC(=O)CCCCCCC/C=C\CCCCCCCC. The van der Waals surface area contributed by atoms with Gasteiger partial charge in [0.2, 0.25) is 0 Å². The molecule has 2 atom stereocenters. The number of unbranched alkanes of at least 4 members (excludes halogenated alkanes) is 19. The Morgan fingerprint density at radius 2 is 1.08 bits per heavy atom. The second-order valence-corrected chi connectivity index (χ2v) is 14.7. The van der Waals surface area contributed by atoms with Crippen LogP contribution in [0.25, 0.3) is 0 Å². The van der Waals surface area contributed by atoms with Gasteiger partial charge in [0, 0.05) is 25.3 Å². The van der Waals surface area contributed by atoms with Crippen molar-refractivity contribution < 1.29 is 14.3 Å². The zero-order chi connectivity index (χ0) is 35.3. The third-order valence-corrected chi connectivity index (χ3v) is 10.1. The van der Waals surface area contributed by atoms with Crippen molar-refractivity contribution in [3.8, 4) is 0 Å². The van der Waals surface area contributed by atoms with E-state index in [2.05, 4.69) is 58.2 Å². The van der Waals surface area contributed by atoms with Crippen molar-refractivity contribution in [2.24, 2.45) is 11.8 Å². The Morgan fingerprint density at radius 1 is 0.625 bits per heavy atom. The van der Waals surface area contributed by atoms with Gasteiger partial charge >= 0.3 is 5.97 Å². The van der Waals surface area contributed by atoms with Gasteiger partial charge < -0.3 is 14.4 Å². The molecule has 4 heteroatoms. The van der Waals surface area contributed by atoms with Gasteiger partial charge in [-0.2, -0.15) is 0 Å². The molecule has 0 aliphatic heterocycles. The molecule has 284 valence electrons. The molecule has 0 aliphatic carbocycles. The lowest BCUT2D eigenvalue weighted by Crippen LogP contribution is -2.33. The summed E-state index contributed by atoms with van der Waals surface area (Å²) in [5, 5.41) is 0. The van der Waals surface area contributed by atoms with Gasteiger partial charge in [-0.15, -0.1) is 0 Å². The summed E-state index contributed by atoms with van der Waals surface area (Å²) in [5.74, 6) is 1.03. The van der Waals surface area contributed by atoms with Gasteiger partial charge in [-0.05, 0) is 63.2 Å². The maximum atomic E-state index is 12.4. The van der Waals surface area contributed by atoms with Crippen LogP contribution in [0.1, 0.15) is 208 Å². The summed E-state index contributed by atoms with van der Waals surface area (Å²) >= 11 is 0. The molecule has 0 aromatic heterocycles. The fourth-order valence-electron chi connectivity index (χ4n) is 6.44. The van der Waals surface area contributed by atoms with Crippen molar-refractivity contribution in [3.63, 3.8) is 0 Å². The Kier molecular flexibility index (Phi) is 36.0. The number of hydrogen-bond donors (Lipinski definition) is 0. The van der Waals surface area contributed by atoms with Crippen molar-refractivity contribution in [1.29, 1.82) is 0 Å². The van der Waals surface area contributed by atoms with E-state index in [1.165, 1.54) is 148 Å². The molecule has 0 N–H and O–H groups in total. The maximum Gasteiger partial charge on any atom is 0.305 e. The first kappa shape index (κ1) is 46.7. The van der Waals surface area contributed by atoms with Crippen LogP contribution in [-0.4, -0.2) is 43.8 Å². The molecule has 0 fully saturated rings. The average molecular weight is 676 g/mol. The molecule has 2 unspecified atom stereocenters. The predicted molar refractivity (Wildman–Crippen MR) is 212 cm³/mol. The van der Waals surface area contributed by atoms with Crippen molar-refractivity contribution in [2.75, 3.05) is 32.9 Å². The Labute approximate surface area is 301 Å². The molecule has 0 aliphatic rings. The van der Waals surface area contributed by atoms with Crippen LogP contribution in [0.4, 0.5) is 0 Å². The maximum absolute atomic E-state index is 12.4. The lowest BCUT2D eigenvalue weighted by atomic mass is 9.95. The first-order valence-corrected chi connectivity index (χ1v) is 21.3. The van der Waals surface area contributed by atoms with Crippen molar-refractivity contribution in [1.82, 2.24) is 4.90 Å². The van der Waals surface area contributed by atoms with Gasteiger partial charge in [-0.3, -0.25) is 4.79 Å². The molecule has 0 spiro atoms. The second kappa shape index (κ2) is 37.0. The predicted octanol–water partition coefficient (Wildman–Crippen LogP) is 13.8. The standard InChI is InChI=1S/C44H85NO3/c1-7-11-14-17-19-20-21-22-23-24-25-26-27-29-32-35-44(46)48-39-37-45(42(6)41(5)10-4)36-38-47-40-43(33-30-16-13-9-3)34-31-28-18-15-12-8-2/h22-23,41,43H,6-21,24-40H2,1-5H3/b23-22-. The monoisotopic (exact) mass is 676 g/mol. The summed E-state index contributed by atoms with van der Waals surface area (Å²) in [7, 11) is 0. The van der Waals surface area contributed by atoms with Gasteiger partial charge in [0.15, 0.2) is 0 Å². The van der Waals surface area contributed by atoms with Crippen LogP contribution < -0.4 is 0 Å². The Bertz CT molecular complexity index is 720. The van der Waals surface area contributed by atoms with Crippen molar-refractivity contribution >= 4 is 5.97 Å². The molecular weight excluding hydrogens is 590 g/mol. The fraction of sp³-hybridized carbons (Fsp3) is 0.886. The van der Waals surface area contributed by atoms with E-state index >= 15 is 0 Å². The molecule has 0 radical (unpaired) electrons. The summed E-state index contributed by atoms with van der Waals surface area (Å²) in [6, 6.07) is 0. The topological polar surface area (TPSA) is 38.8 Å². The highest BCUT2D eigenvalue weighted by Gasteiger charge is 2.15. The number of carbonyl (C=O) groups is 1. The largest absolute Gasteiger partial charge is 0.464 e. The second-order valence-electron chi connectivity index (χ2n) is 14.7. The smallest absolute Gasteiger partial charge is 0.305 e. The Hall–Kier alpha value is -1.29. The molecule has 0 heterocycles. The fourth-order valence-corrected chi connectivity index (χ4v) is 6.44. The van der Waals surface area contributed by atoms with E-state index in [0.717, 1.165) is 38.1 Å². The summed E-state index contributed by atoms with van der Waals surface area (Å²) in [6.45, 7) is 19.2. The summed E-state index contributed by atoms with van der Waals surface area (Å²) in [4.78, 5) is 14.7. The molecule has 0 saturated heterocycles. The highest BCUT2D eigenvalue weighted by atomic mass is 16.5. The normalized spacial score (nSPS) is 12.9. The number of nitrogens with zero attached hydrogens (tertiary/aromatic N) is 1. The lowest BCUT2D eigenvalue weighted by Gasteiger charge is -2.30. The van der Waals surface area contributed by atoms with Crippen LogP contribution in [0, 0.1) is 11.8 Å². The quantitative estimate of drug-likeness (QED) is 0.0371. The summed E-state index contributed by atoms with van der Waals surface area (Å²) in [5.41, 5.74) is 1.14. The van der Waals surface area contributed by atoms with E-state index in [-0.39, 0.29) is 5.97 Å². The van der Waals surface area contributed by atoms with E-state index in [9.17, 15) is 4.79 Å². The molecule has 4 nitrogen and oxygen atoms in total. The van der Waals surface area contributed by atoms with Crippen LogP contribution in [0.15, 0.2) is 24.4 Å². The minimum absolute atomic E-state index is 0.0569. The third kappa shape index (κ3) is 30.7. The van der Waals surface area contributed by atoms with E-state index in [1.807, 2.05) is 0 Å². The number of carbonyl (C=O) groups excluding carboxylic acids is 1. The highest BCUT2D eigenvalue weighted by molar-refractivity contribution is 5.69. The van der Waals surface area contributed by atoms with Crippen molar-refractivity contribution in [3.05, 3.63) is 24.4 Å². The molecule has 0 amide bonds. The van der Waals surface area contributed by atoms with Crippen molar-refractivity contribution in [2.45, 2.75) is 208 Å². The van der Waals surface area contributed by atoms with E-state index in [4.69, 9.17) is 9.47 Å². The number of allylic oxidation sites excluding steroid dienone is 3. The zero-order valence-corrected chi connectivity index (χ0v) is 33.3. The van der Waals surface area contributed by atoms with Crippen LogP contribution in [0.5, 0.6) is 0 Å². The third-order valence-electron chi connectivity index (χ3n) is 10.1. The summed E-state index contributed by atoms with van der Waals surface area (Å²) < 4.78 is 12.0. The number of esters is 1. The van der Waals surface area contributed by atoms with E-state index in [0.29, 0.717) is 38.0 Å². The summed E-state index contributed by atoms with van der Waals surface area (Å²) in [6.07, 6.45) is 38.9. The van der Waals surface area contributed by atoms with Crippen LogP contribution in [0.2, 0.25) is 0 Å². The van der Waals surface area contributed by atoms with E-state index in [1.54, 1.807) is 0 Å². The average Bonchev–Trinajstić information content (AvgIpc) is 3.09. The number of rotatable bonds is 38. The van der Waals surface area contributed by atoms with Crippen LogP contribution in [-0.2, 0) is 14.3 Å². The minimum Gasteiger partial charge on any atom is -0.464 e. The lowest BCUT2D eigenvalue weighted by molar-refractivity contribution is -0.144. The molecule has 0 aromatic carbocycles. The molecule has 0 saturated carbocycles. The highest BCUT2D eigenvalue weighted by Crippen LogP contribution is 2.21. The van der Waals surface area contributed by atoms with Gasteiger partial charge in [0.25, 0.3) is 0 Å². The number of hydrogen-bond acceptors (Lipinski definition) is 4. The zero-order valence-electron chi connectivity index (χ0n) is 33.3. The molecule has 0 aromatic rings. The van der Waals surface area contributed by atoms with Gasteiger partial charge in [-0.25, -0.2) is 0 Å². The van der Waals surface area contributed by atoms with Gasteiger partial charge in [-0.1, -0.05) is 169 Å². The Morgan fingerprint density at radius 3 is 1.62 bits per heavy atom. The Balaban J connectivity index is 4.26. The molecular formula is C44H85NO3. The van der Waals surface area contributed by atoms with Gasteiger partial charge in [0.05, 0.1) is 13.2 Å².